The van der Waals surface area contributed by atoms with Crippen molar-refractivity contribution in [2.45, 2.75) is 55.3 Å². The van der Waals surface area contributed by atoms with E-state index >= 15 is 0 Å². The van der Waals surface area contributed by atoms with E-state index in [1.807, 2.05) is 60.7 Å². The Labute approximate surface area is 193 Å². The maximum Gasteiger partial charge on any atom is 0.424 e. The number of amides is 1. The lowest BCUT2D eigenvalue weighted by Gasteiger charge is -2.41. The summed E-state index contributed by atoms with van der Waals surface area (Å²) in [6, 6.07) is 17.6. The van der Waals surface area contributed by atoms with Crippen LogP contribution in [0.2, 0.25) is 0 Å². The van der Waals surface area contributed by atoms with Crippen LogP contribution in [0.25, 0.3) is 0 Å². The third-order valence-electron chi connectivity index (χ3n) is 4.76. The highest BCUT2D eigenvalue weighted by Gasteiger charge is 2.49. The summed E-state index contributed by atoms with van der Waals surface area (Å²) in [6.07, 6.45) is -2.14. The number of carbonyl (C=O) groups is 1. The number of sulfonamides is 1. The zero-order chi connectivity index (χ0) is 23.4. The van der Waals surface area contributed by atoms with E-state index in [9.17, 15) is 18.3 Å². The molecule has 3 rings (SSSR count). The molecule has 0 radical (unpaired) electrons. The van der Waals surface area contributed by atoms with Gasteiger partial charge < -0.3 is 14.6 Å². The van der Waals surface area contributed by atoms with Gasteiger partial charge in [-0.15, -0.1) is 11.8 Å². The van der Waals surface area contributed by atoms with Crippen LogP contribution in [0.5, 0.6) is 0 Å². The number of hydrogen-bond acceptors (Lipinski definition) is 7. The molecular formula is C23H29NO6S2. The molecule has 9 heteroatoms. The SMILES string of the molecule is CC(C)(C)OC(=O)N1[C@@H](COCc2ccccc2)[C@H](O)[C@@H](Sc2ccccc2)CS1(=O)=O. The van der Waals surface area contributed by atoms with Crippen LogP contribution >= 0.6 is 11.8 Å². The molecule has 1 aliphatic heterocycles. The lowest BCUT2D eigenvalue weighted by atomic mass is 10.1. The highest BCUT2D eigenvalue weighted by Crippen LogP contribution is 2.34. The maximum absolute atomic E-state index is 13.1. The van der Waals surface area contributed by atoms with Crippen LogP contribution in [0.1, 0.15) is 26.3 Å². The molecule has 0 bridgehead atoms. The van der Waals surface area contributed by atoms with Crippen molar-refractivity contribution >= 4 is 27.9 Å². The van der Waals surface area contributed by atoms with Crippen LogP contribution < -0.4 is 0 Å². The quantitative estimate of drug-likeness (QED) is 0.676. The summed E-state index contributed by atoms with van der Waals surface area (Å²) in [5.74, 6) is -0.387. The molecule has 2 aromatic carbocycles. The summed E-state index contributed by atoms with van der Waals surface area (Å²) in [7, 11) is -4.04. The third kappa shape index (κ3) is 6.48. The van der Waals surface area contributed by atoms with Gasteiger partial charge in [0.15, 0.2) is 0 Å². The van der Waals surface area contributed by atoms with Gasteiger partial charge in [0.1, 0.15) is 11.6 Å². The summed E-state index contributed by atoms with van der Waals surface area (Å²) in [5, 5.41) is 10.5. The Morgan fingerprint density at radius 1 is 1.09 bits per heavy atom. The topological polar surface area (TPSA) is 93.1 Å². The van der Waals surface area contributed by atoms with Gasteiger partial charge in [-0.1, -0.05) is 48.5 Å². The van der Waals surface area contributed by atoms with Crippen LogP contribution in [0.15, 0.2) is 65.6 Å². The van der Waals surface area contributed by atoms with E-state index in [4.69, 9.17) is 9.47 Å². The van der Waals surface area contributed by atoms with Gasteiger partial charge in [-0.05, 0) is 38.5 Å². The molecular weight excluding hydrogens is 450 g/mol. The number of carbonyl (C=O) groups excluding carboxylic acids is 1. The third-order valence-corrected chi connectivity index (χ3v) is 8.06. The Morgan fingerprint density at radius 3 is 2.28 bits per heavy atom. The van der Waals surface area contributed by atoms with Crippen LogP contribution in [-0.4, -0.2) is 59.3 Å². The van der Waals surface area contributed by atoms with Gasteiger partial charge in [0.2, 0.25) is 10.0 Å². The number of aliphatic hydroxyl groups is 1. The molecule has 1 saturated heterocycles. The molecule has 0 aromatic heterocycles. The second kappa shape index (κ2) is 10.2. The number of nitrogens with zero attached hydrogens (tertiary/aromatic N) is 1. The smallest absolute Gasteiger partial charge is 0.424 e. The summed E-state index contributed by atoms with van der Waals surface area (Å²) in [6.45, 7) is 5.05. The minimum atomic E-state index is -4.04. The normalized spacial score (nSPS) is 23.0. The second-order valence-electron chi connectivity index (χ2n) is 8.58. The van der Waals surface area contributed by atoms with Crippen molar-refractivity contribution in [1.29, 1.82) is 0 Å². The summed E-state index contributed by atoms with van der Waals surface area (Å²) in [4.78, 5) is 13.7. The van der Waals surface area contributed by atoms with Crippen molar-refractivity contribution < 1.29 is 27.8 Å². The maximum atomic E-state index is 13.1. The molecule has 3 atom stereocenters. The minimum Gasteiger partial charge on any atom is -0.443 e. The van der Waals surface area contributed by atoms with Gasteiger partial charge in [0, 0.05) is 4.90 Å². The van der Waals surface area contributed by atoms with Gasteiger partial charge >= 0.3 is 6.09 Å². The Bertz CT molecular complexity index is 992. The first-order valence-electron chi connectivity index (χ1n) is 10.3. The van der Waals surface area contributed by atoms with E-state index in [2.05, 4.69) is 0 Å². The molecule has 32 heavy (non-hydrogen) atoms. The van der Waals surface area contributed by atoms with Crippen LogP contribution in [0.3, 0.4) is 0 Å². The average molecular weight is 480 g/mol. The van der Waals surface area contributed by atoms with Crippen LogP contribution in [-0.2, 0) is 26.1 Å². The molecule has 1 amide bonds. The highest BCUT2D eigenvalue weighted by molar-refractivity contribution is 8.01. The van der Waals surface area contributed by atoms with E-state index in [1.54, 1.807) is 20.8 Å². The van der Waals surface area contributed by atoms with Gasteiger partial charge in [-0.25, -0.2) is 13.2 Å². The number of rotatable bonds is 6. The molecule has 174 valence electrons. The first-order chi connectivity index (χ1) is 15.1. The van der Waals surface area contributed by atoms with Gasteiger partial charge in [-0.2, -0.15) is 4.31 Å². The van der Waals surface area contributed by atoms with E-state index in [1.165, 1.54) is 11.8 Å². The lowest BCUT2D eigenvalue weighted by molar-refractivity contribution is -0.0129. The fraction of sp³-hybridized carbons (Fsp3) is 0.435. The summed E-state index contributed by atoms with van der Waals surface area (Å²) < 4.78 is 38.0. The molecule has 7 nitrogen and oxygen atoms in total. The molecule has 1 N–H and O–H groups in total. The average Bonchev–Trinajstić information content (AvgIpc) is 2.71. The second-order valence-corrected chi connectivity index (χ2v) is 11.8. The van der Waals surface area contributed by atoms with Crippen molar-refractivity contribution in [3.63, 3.8) is 0 Å². The Kier molecular flexibility index (Phi) is 7.87. The van der Waals surface area contributed by atoms with Crippen LogP contribution in [0.4, 0.5) is 4.79 Å². The van der Waals surface area contributed by atoms with E-state index < -0.39 is 39.1 Å². The van der Waals surface area contributed by atoms with Crippen LogP contribution in [0, 0.1) is 0 Å². The zero-order valence-electron chi connectivity index (χ0n) is 18.4. The van der Waals surface area contributed by atoms with Crippen molar-refractivity contribution in [2.75, 3.05) is 12.4 Å². The summed E-state index contributed by atoms with van der Waals surface area (Å²) in [5.41, 5.74) is 0.0162. The number of hydrogen-bond donors (Lipinski definition) is 1. The van der Waals surface area contributed by atoms with E-state index in [-0.39, 0.29) is 19.0 Å². The first-order valence-corrected chi connectivity index (χ1v) is 12.8. The van der Waals surface area contributed by atoms with Gasteiger partial charge in [0.25, 0.3) is 0 Å². The van der Waals surface area contributed by atoms with Gasteiger partial charge in [0.05, 0.1) is 30.3 Å². The van der Waals surface area contributed by atoms with Crippen molar-refractivity contribution in [3.05, 3.63) is 66.2 Å². The van der Waals surface area contributed by atoms with Gasteiger partial charge in [-0.3, -0.25) is 0 Å². The molecule has 0 aliphatic carbocycles. The molecule has 0 unspecified atom stereocenters. The largest absolute Gasteiger partial charge is 0.443 e. The number of thioether (sulfide) groups is 1. The number of ether oxygens (including phenoxy) is 2. The van der Waals surface area contributed by atoms with E-state index in [0.29, 0.717) is 4.31 Å². The monoisotopic (exact) mass is 479 g/mol. The van der Waals surface area contributed by atoms with E-state index in [0.717, 1.165) is 10.5 Å². The Morgan fingerprint density at radius 2 is 1.69 bits per heavy atom. The summed E-state index contributed by atoms with van der Waals surface area (Å²) >= 11 is 1.27. The fourth-order valence-corrected chi connectivity index (χ4v) is 6.76. The highest BCUT2D eigenvalue weighted by atomic mass is 32.2. The number of aliphatic hydroxyl groups excluding tert-OH is 1. The molecule has 2 aromatic rings. The Hall–Kier alpha value is -2.07. The fourth-order valence-electron chi connectivity index (χ4n) is 3.35. The minimum absolute atomic E-state index is 0.152. The predicted octanol–water partition coefficient (Wildman–Crippen LogP) is 3.67. The Balaban J connectivity index is 1.83. The predicted molar refractivity (Wildman–Crippen MR) is 124 cm³/mol. The zero-order valence-corrected chi connectivity index (χ0v) is 20.0. The molecule has 1 fully saturated rings. The standard InChI is InChI=1S/C23H29NO6S2/c1-23(2,3)30-22(26)24-19(15-29-14-17-10-6-4-7-11-17)21(25)20(16-32(24,27)28)31-18-12-8-5-9-13-18/h4-13,19-21,25H,14-16H2,1-3H3/t19-,20-,21-/m0/s1. The van der Waals surface area contributed by atoms with Crippen molar-refractivity contribution in [2.24, 2.45) is 0 Å². The lowest BCUT2D eigenvalue weighted by Crippen LogP contribution is -2.62. The molecule has 0 spiro atoms. The first kappa shape index (κ1) is 24.6. The number of benzene rings is 2. The molecule has 0 saturated carbocycles. The molecule has 1 heterocycles. The molecule has 1 aliphatic rings. The van der Waals surface area contributed by atoms with Crippen molar-refractivity contribution in [1.82, 2.24) is 4.31 Å². The van der Waals surface area contributed by atoms with Crippen molar-refractivity contribution in [3.8, 4) is 0 Å².